The second-order valence-electron chi connectivity index (χ2n) is 28.9. The van der Waals surface area contributed by atoms with E-state index < -0.39 is 97.5 Å². The van der Waals surface area contributed by atoms with E-state index in [9.17, 15) is 43.2 Å². The van der Waals surface area contributed by atoms with Gasteiger partial charge in [-0.05, 0) is 49.4 Å². The van der Waals surface area contributed by atoms with Crippen molar-refractivity contribution in [2.75, 3.05) is 39.6 Å². The summed E-state index contributed by atoms with van der Waals surface area (Å²) >= 11 is 0. The zero-order valence-electron chi connectivity index (χ0n) is 63.0. The highest BCUT2D eigenvalue weighted by molar-refractivity contribution is 7.47. The Hall–Kier alpha value is -1.94. The molecule has 0 saturated carbocycles. The maximum absolute atomic E-state index is 13.1. The molecule has 0 bridgehead atoms. The monoisotopic (exact) mass is 1410 g/mol. The molecular weight excluding hydrogens is 1260 g/mol. The first kappa shape index (κ1) is 94.1. The number of aliphatic hydroxyl groups is 1. The summed E-state index contributed by atoms with van der Waals surface area (Å²) in [6.45, 7) is 14.3. The number of carbonyl (C=O) groups excluding carboxylic acids is 4. The van der Waals surface area contributed by atoms with Crippen LogP contribution in [0.3, 0.4) is 0 Å². The first-order valence-corrected chi connectivity index (χ1v) is 42.8. The standard InChI is InChI=1S/C77H150O17P2/c1-9-68(6)54-46-38-30-24-18-14-12-13-15-19-27-33-43-51-59-76(81)93-72(63-87-74(79)57-49-41-32-26-22-21-25-31-39-47-55-69(7)10-2)65-91-95(83,84)89-61-71(78)62-90-96(85,86)92-66-73(64-88-75(80)58-50-42-36-35-40-48-56-70(8)11-3)94-77(82)60-52-44-34-28-20-16-17-23-29-37-45-53-67(4)5/h67-73,78H,9-66H2,1-8H3,(H,83,84)(H,85,86)/t68?,69?,70?,71-,72-,73-/m1/s1. The van der Waals surface area contributed by atoms with Gasteiger partial charge in [0.25, 0.3) is 0 Å². The molecule has 0 amide bonds. The Kier molecular flexibility index (Phi) is 65.0. The van der Waals surface area contributed by atoms with Gasteiger partial charge in [-0.2, -0.15) is 0 Å². The molecule has 3 N–H and O–H groups in total. The van der Waals surface area contributed by atoms with Gasteiger partial charge in [-0.15, -0.1) is 0 Å². The number of phosphoric acid groups is 2. The van der Waals surface area contributed by atoms with E-state index in [1.165, 1.54) is 186 Å². The molecule has 0 spiro atoms. The Bertz CT molecular complexity index is 1890. The third-order valence-electron chi connectivity index (χ3n) is 18.9. The summed E-state index contributed by atoms with van der Waals surface area (Å²) < 4.78 is 68.6. The summed E-state index contributed by atoms with van der Waals surface area (Å²) in [4.78, 5) is 72.9. The highest BCUT2D eigenvalue weighted by Gasteiger charge is 2.30. The quantitative estimate of drug-likeness (QED) is 0.0222. The van der Waals surface area contributed by atoms with Gasteiger partial charge in [-0.1, -0.05) is 338 Å². The fourth-order valence-electron chi connectivity index (χ4n) is 11.6. The molecule has 0 aliphatic carbocycles. The molecule has 0 aliphatic heterocycles. The zero-order valence-corrected chi connectivity index (χ0v) is 64.8. The molecule has 0 aromatic carbocycles. The number of rotatable bonds is 74. The van der Waals surface area contributed by atoms with Crippen LogP contribution in [0.4, 0.5) is 0 Å². The SMILES string of the molecule is CCC(C)CCCCCCCCCCCCCCCCC(=O)O[C@H](COC(=O)CCCCCCCCCCCCC(C)CC)COP(=O)(O)OC[C@@H](O)COP(=O)(O)OC[C@@H](COC(=O)CCCCCCCCC(C)CC)OC(=O)CCCCCCCCCCCCCC(C)C. The molecule has 0 fully saturated rings. The number of esters is 4. The molecule has 0 rings (SSSR count). The first-order chi connectivity index (χ1) is 46.2. The molecule has 8 atom stereocenters. The van der Waals surface area contributed by atoms with Crippen LogP contribution < -0.4 is 0 Å². The molecule has 17 nitrogen and oxygen atoms in total. The van der Waals surface area contributed by atoms with Crippen molar-refractivity contribution < 1.29 is 80.2 Å². The van der Waals surface area contributed by atoms with Crippen LogP contribution >= 0.6 is 15.6 Å². The summed E-state index contributed by atoms with van der Waals surface area (Å²) in [5, 5.41) is 10.6. The van der Waals surface area contributed by atoms with Gasteiger partial charge in [-0.3, -0.25) is 37.3 Å². The molecule has 0 radical (unpaired) electrons. The number of hydrogen-bond acceptors (Lipinski definition) is 15. The average Bonchev–Trinajstić information content (AvgIpc) is 1.31. The largest absolute Gasteiger partial charge is 0.472 e. The smallest absolute Gasteiger partial charge is 0.462 e. The maximum atomic E-state index is 13.1. The van der Waals surface area contributed by atoms with E-state index in [0.717, 1.165) is 120 Å². The van der Waals surface area contributed by atoms with Crippen molar-refractivity contribution in [3.63, 3.8) is 0 Å². The summed E-state index contributed by atoms with van der Waals surface area (Å²) in [6, 6.07) is 0. The normalized spacial score (nSPS) is 15.0. The number of aliphatic hydroxyl groups excluding tert-OH is 1. The molecule has 0 aliphatic rings. The Morgan fingerprint density at radius 1 is 0.292 bits per heavy atom. The number of carbonyl (C=O) groups is 4. The van der Waals surface area contributed by atoms with Gasteiger partial charge < -0.3 is 33.8 Å². The van der Waals surface area contributed by atoms with E-state index in [4.69, 9.17) is 37.0 Å². The van der Waals surface area contributed by atoms with Gasteiger partial charge in [-0.25, -0.2) is 9.13 Å². The highest BCUT2D eigenvalue weighted by atomic mass is 31.2. The maximum Gasteiger partial charge on any atom is 0.472 e. The minimum Gasteiger partial charge on any atom is -0.462 e. The van der Waals surface area contributed by atoms with Crippen molar-refractivity contribution in [1.82, 2.24) is 0 Å². The van der Waals surface area contributed by atoms with E-state index in [1.54, 1.807) is 0 Å². The molecule has 0 aromatic rings. The fourth-order valence-corrected chi connectivity index (χ4v) is 13.2. The van der Waals surface area contributed by atoms with Crippen LogP contribution in [0.15, 0.2) is 0 Å². The van der Waals surface area contributed by atoms with Gasteiger partial charge >= 0.3 is 39.5 Å². The van der Waals surface area contributed by atoms with Crippen molar-refractivity contribution in [2.45, 2.75) is 408 Å². The first-order valence-electron chi connectivity index (χ1n) is 39.8. The van der Waals surface area contributed by atoms with Crippen LogP contribution in [0.25, 0.3) is 0 Å². The lowest BCUT2D eigenvalue weighted by molar-refractivity contribution is -0.161. The molecule has 5 unspecified atom stereocenters. The summed E-state index contributed by atoms with van der Waals surface area (Å²) in [6.07, 6.45) is 51.2. The Morgan fingerprint density at radius 2 is 0.500 bits per heavy atom. The molecule has 96 heavy (non-hydrogen) atoms. The lowest BCUT2D eigenvalue weighted by Gasteiger charge is -2.21. The molecule has 0 aromatic heterocycles. The Morgan fingerprint density at radius 3 is 0.740 bits per heavy atom. The zero-order chi connectivity index (χ0) is 71.0. The van der Waals surface area contributed by atoms with E-state index in [2.05, 4.69) is 55.4 Å². The van der Waals surface area contributed by atoms with Crippen molar-refractivity contribution in [1.29, 1.82) is 0 Å². The Labute approximate surface area is 588 Å². The molecular formula is C77H150O17P2. The van der Waals surface area contributed by atoms with Crippen molar-refractivity contribution in [3.05, 3.63) is 0 Å². The van der Waals surface area contributed by atoms with Crippen LogP contribution in [-0.2, 0) is 65.4 Å². The average molecular weight is 1410 g/mol. The predicted octanol–water partition coefficient (Wildman–Crippen LogP) is 22.4. The van der Waals surface area contributed by atoms with Crippen molar-refractivity contribution >= 4 is 39.5 Å². The van der Waals surface area contributed by atoms with E-state index >= 15 is 0 Å². The van der Waals surface area contributed by atoms with Gasteiger partial charge in [0.1, 0.15) is 19.3 Å². The minimum atomic E-state index is -4.96. The van der Waals surface area contributed by atoms with Crippen LogP contribution in [0.2, 0.25) is 0 Å². The van der Waals surface area contributed by atoms with Crippen LogP contribution in [0.5, 0.6) is 0 Å². The molecule has 19 heteroatoms. The van der Waals surface area contributed by atoms with Crippen molar-refractivity contribution in [3.8, 4) is 0 Å². The summed E-state index contributed by atoms with van der Waals surface area (Å²) in [5.41, 5.74) is 0. The van der Waals surface area contributed by atoms with E-state index in [0.29, 0.717) is 25.7 Å². The summed E-state index contributed by atoms with van der Waals surface area (Å²) in [7, 11) is -9.92. The van der Waals surface area contributed by atoms with Gasteiger partial charge in [0.15, 0.2) is 12.2 Å². The van der Waals surface area contributed by atoms with Crippen LogP contribution in [0.1, 0.15) is 389 Å². The topological polar surface area (TPSA) is 237 Å². The van der Waals surface area contributed by atoms with E-state index in [-0.39, 0.29) is 25.7 Å². The third kappa shape index (κ3) is 66.6. The van der Waals surface area contributed by atoms with E-state index in [1.807, 2.05) is 0 Å². The van der Waals surface area contributed by atoms with Gasteiger partial charge in [0, 0.05) is 25.7 Å². The van der Waals surface area contributed by atoms with Crippen LogP contribution in [-0.4, -0.2) is 96.7 Å². The number of phosphoric ester groups is 2. The molecule has 0 heterocycles. The molecule has 0 saturated heterocycles. The number of unbranched alkanes of at least 4 members (excludes halogenated alkanes) is 37. The Balaban J connectivity index is 5.26. The second-order valence-corrected chi connectivity index (χ2v) is 31.9. The predicted molar refractivity (Wildman–Crippen MR) is 391 cm³/mol. The summed E-state index contributed by atoms with van der Waals surface area (Å²) in [5.74, 6) is 1.03. The van der Waals surface area contributed by atoms with Gasteiger partial charge in [0.2, 0.25) is 0 Å². The number of hydrogen-bond donors (Lipinski definition) is 3. The lowest BCUT2D eigenvalue weighted by Crippen LogP contribution is -2.30. The third-order valence-corrected chi connectivity index (χ3v) is 20.8. The lowest BCUT2D eigenvalue weighted by atomic mass is 9.99. The second kappa shape index (κ2) is 66.3. The van der Waals surface area contributed by atoms with Crippen LogP contribution in [0, 0.1) is 23.7 Å². The molecule has 570 valence electrons. The fraction of sp³-hybridized carbons (Fsp3) is 0.948. The number of ether oxygens (including phenoxy) is 4. The van der Waals surface area contributed by atoms with Crippen molar-refractivity contribution in [2.24, 2.45) is 23.7 Å². The van der Waals surface area contributed by atoms with Gasteiger partial charge in [0.05, 0.1) is 26.4 Å². The highest BCUT2D eigenvalue weighted by Crippen LogP contribution is 2.45. The minimum absolute atomic E-state index is 0.105.